The van der Waals surface area contributed by atoms with Gasteiger partial charge in [0.2, 0.25) is 5.95 Å². The topological polar surface area (TPSA) is 103 Å². The van der Waals surface area contributed by atoms with Crippen LogP contribution in [0.15, 0.2) is 9.59 Å². The van der Waals surface area contributed by atoms with Crippen molar-refractivity contribution in [3.63, 3.8) is 0 Å². The molecule has 10 nitrogen and oxygen atoms in total. The van der Waals surface area contributed by atoms with Crippen LogP contribution in [0.4, 0.5) is 10.7 Å². The van der Waals surface area contributed by atoms with Gasteiger partial charge in [0.05, 0.1) is 6.10 Å². The number of nitrogens with zero attached hydrogens (tertiary/aromatic N) is 5. The Morgan fingerprint density at radius 1 is 1.11 bits per heavy atom. The molecule has 0 aliphatic carbocycles. The lowest BCUT2D eigenvalue weighted by atomic mass is 10.1. The molecule has 2 aromatic heterocycles. The van der Waals surface area contributed by atoms with Gasteiger partial charge in [0, 0.05) is 40.3 Å². The molecule has 1 fully saturated rings. The van der Waals surface area contributed by atoms with Crippen LogP contribution in [-0.2, 0) is 25.9 Å². The van der Waals surface area contributed by atoms with Crippen molar-refractivity contribution >= 4 is 23.2 Å². The first-order valence-corrected chi connectivity index (χ1v) is 9.05. The zero-order valence-corrected chi connectivity index (χ0v) is 16.4. The van der Waals surface area contributed by atoms with Crippen molar-refractivity contribution in [2.45, 2.75) is 38.8 Å². The number of likely N-dealkylation sites (tertiary alicyclic amines) is 1. The van der Waals surface area contributed by atoms with E-state index in [4.69, 9.17) is 4.74 Å². The Hall–Kier alpha value is -2.78. The molecule has 27 heavy (non-hydrogen) atoms. The van der Waals surface area contributed by atoms with Crippen LogP contribution in [0, 0.1) is 0 Å². The van der Waals surface area contributed by atoms with E-state index in [0.29, 0.717) is 30.2 Å². The van der Waals surface area contributed by atoms with Gasteiger partial charge in [-0.3, -0.25) is 13.9 Å². The monoisotopic (exact) mass is 378 g/mol. The van der Waals surface area contributed by atoms with Crippen molar-refractivity contribution in [2.75, 3.05) is 18.4 Å². The Kier molecular flexibility index (Phi) is 4.99. The van der Waals surface area contributed by atoms with E-state index in [-0.39, 0.29) is 23.8 Å². The number of hydrogen-bond acceptors (Lipinski definition) is 6. The molecule has 0 aromatic carbocycles. The fourth-order valence-corrected chi connectivity index (χ4v) is 3.31. The quantitative estimate of drug-likeness (QED) is 0.829. The van der Waals surface area contributed by atoms with E-state index in [1.165, 1.54) is 11.6 Å². The molecule has 3 rings (SSSR count). The van der Waals surface area contributed by atoms with E-state index in [0.717, 1.165) is 17.4 Å². The Bertz CT molecular complexity index is 978. The van der Waals surface area contributed by atoms with Gasteiger partial charge < -0.3 is 19.5 Å². The van der Waals surface area contributed by atoms with Crippen molar-refractivity contribution in [1.82, 2.24) is 23.6 Å². The summed E-state index contributed by atoms with van der Waals surface area (Å²) in [7, 11) is 4.80. The number of carbonyl (C=O) groups is 1. The predicted octanol–water partition coefficient (Wildman–Crippen LogP) is 0.392. The fourth-order valence-electron chi connectivity index (χ4n) is 3.31. The van der Waals surface area contributed by atoms with E-state index in [1.54, 1.807) is 23.6 Å². The maximum Gasteiger partial charge on any atom is 0.410 e. The van der Waals surface area contributed by atoms with E-state index < -0.39 is 5.69 Å². The number of piperidine rings is 1. The molecule has 1 aliphatic heterocycles. The van der Waals surface area contributed by atoms with Crippen molar-refractivity contribution < 1.29 is 9.53 Å². The molecule has 0 spiro atoms. The highest BCUT2D eigenvalue weighted by atomic mass is 16.6. The lowest BCUT2D eigenvalue weighted by Crippen LogP contribution is -2.43. The average molecular weight is 378 g/mol. The lowest BCUT2D eigenvalue weighted by Gasteiger charge is -2.32. The average Bonchev–Trinajstić information content (AvgIpc) is 2.95. The van der Waals surface area contributed by atoms with Crippen LogP contribution in [0.2, 0.25) is 0 Å². The minimum atomic E-state index is -0.408. The second-order valence-electron chi connectivity index (χ2n) is 7.21. The first-order chi connectivity index (χ1) is 12.7. The molecule has 148 valence electrons. The van der Waals surface area contributed by atoms with Crippen LogP contribution in [0.3, 0.4) is 0 Å². The molecular weight excluding hydrogens is 352 g/mol. The largest absolute Gasteiger partial charge is 0.447 e. The maximum atomic E-state index is 12.4. The summed E-state index contributed by atoms with van der Waals surface area (Å²) >= 11 is 0. The van der Waals surface area contributed by atoms with Gasteiger partial charge in [-0.25, -0.2) is 9.59 Å². The van der Waals surface area contributed by atoms with Gasteiger partial charge in [0.25, 0.3) is 5.56 Å². The van der Waals surface area contributed by atoms with Crippen LogP contribution < -0.4 is 16.6 Å². The Labute approximate surface area is 156 Å². The molecule has 0 saturated carbocycles. The molecule has 3 heterocycles. The third-order valence-electron chi connectivity index (χ3n) is 4.90. The summed E-state index contributed by atoms with van der Waals surface area (Å²) < 4.78 is 9.35. The molecule has 2 aromatic rings. The third-order valence-corrected chi connectivity index (χ3v) is 4.90. The second-order valence-corrected chi connectivity index (χ2v) is 7.21. The van der Waals surface area contributed by atoms with Gasteiger partial charge in [-0.1, -0.05) is 0 Å². The smallest absolute Gasteiger partial charge is 0.410 e. The number of hydrogen-bond donors (Lipinski definition) is 1. The molecule has 1 amide bonds. The van der Waals surface area contributed by atoms with E-state index in [1.807, 2.05) is 13.8 Å². The SMILES string of the molecule is CC(C)OC(=O)N1CCC(Nc2nc3c(c(=O)n(C)c(=O)n3C)n2C)CC1. The number of anilines is 1. The standard InChI is InChI=1S/C17H26N6O4/c1-10(2)27-17(26)23-8-6-11(7-9-23)18-15-19-13-12(20(15)3)14(24)22(5)16(25)21(13)4/h10-11H,6-9H2,1-5H3,(H,18,19). The highest BCUT2D eigenvalue weighted by Crippen LogP contribution is 2.19. The third kappa shape index (κ3) is 3.43. The molecule has 1 N–H and O–H groups in total. The van der Waals surface area contributed by atoms with Crippen LogP contribution in [0.1, 0.15) is 26.7 Å². The normalized spacial score (nSPS) is 15.6. The van der Waals surface area contributed by atoms with Crippen LogP contribution >= 0.6 is 0 Å². The minimum Gasteiger partial charge on any atom is -0.447 e. The maximum absolute atomic E-state index is 12.4. The van der Waals surface area contributed by atoms with Gasteiger partial charge in [0.15, 0.2) is 11.2 Å². The zero-order chi connectivity index (χ0) is 19.9. The number of imidazole rings is 1. The van der Waals surface area contributed by atoms with Crippen LogP contribution in [0.25, 0.3) is 11.2 Å². The summed E-state index contributed by atoms with van der Waals surface area (Å²) in [6.45, 7) is 4.84. The molecule has 0 atom stereocenters. The number of rotatable bonds is 3. The molecular formula is C17H26N6O4. The van der Waals surface area contributed by atoms with Gasteiger partial charge in [-0.05, 0) is 26.7 Å². The second kappa shape index (κ2) is 7.09. The predicted molar refractivity (Wildman–Crippen MR) is 101 cm³/mol. The summed E-state index contributed by atoms with van der Waals surface area (Å²) in [6, 6.07) is 0.115. The summed E-state index contributed by atoms with van der Waals surface area (Å²) in [4.78, 5) is 42.7. The lowest BCUT2D eigenvalue weighted by molar-refractivity contribution is 0.0701. The highest BCUT2D eigenvalue weighted by molar-refractivity contribution is 5.74. The van der Waals surface area contributed by atoms with Gasteiger partial charge >= 0.3 is 11.8 Å². The van der Waals surface area contributed by atoms with Crippen LogP contribution in [-0.4, -0.2) is 54.9 Å². The van der Waals surface area contributed by atoms with Gasteiger partial charge in [-0.2, -0.15) is 4.98 Å². The van der Waals surface area contributed by atoms with E-state index in [9.17, 15) is 14.4 Å². The number of carbonyl (C=O) groups excluding carboxylic acids is 1. The minimum absolute atomic E-state index is 0.115. The van der Waals surface area contributed by atoms with Crippen molar-refractivity contribution in [2.24, 2.45) is 21.1 Å². The molecule has 10 heteroatoms. The Morgan fingerprint density at radius 3 is 2.33 bits per heavy atom. The van der Waals surface area contributed by atoms with E-state index >= 15 is 0 Å². The number of aryl methyl sites for hydroxylation is 2. The van der Waals surface area contributed by atoms with Crippen molar-refractivity contribution in [3.8, 4) is 0 Å². The number of aromatic nitrogens is 4. The molecule has 0 bridgehead atoms. The molecule has 0 radical (unpaired) electrons. The molecule has 1 aliphatic rings. The Morgan fingerprint density at radius 2 is 1.74 bits per heavy atom. The van der Waals surface area contributed by atoms with Gasteiger partial charge in [0.1, 0.15) is 0 Å². The molecule has 1 saturated heterocycles. The van der Waals surface area contributed by atoms with Crippen molar-refractivity contribution in [1.29, 1.82) is 0 Å². The van der Waals surface area contributed by atoms with Crippen molar-refractivity contribution in [3.05, 3.63) is 20.8 Å². The van der Waals surface area contributed by atoms with E-state index in [2.05, 4.69) is 10.3 Å². The summed E-state index contributed by atoms with van der Waals surface area (Å²) in [5, 5.41) is 3.34. The molecule has 0 unspecified atom stereocenters. The Balaban J connectivity index is 1.77. The summed E-state index contributed by atoms with van der Waals surface area (Å²) in [6.07, 6.45) is 1.06. The number of ether oxygens (including phenoxy) is 1. The number of fused-ring (bicyclic) bond motifs is 1. The number of amides is 1. The zero-order valence-electron chi connectivity index (χ0n) is 16.4. The summed E-state index contributed by atoms with van der Waals surface area (Å²) in [5.41, 5.74) is -0.0531. The van der Waals surface area contributed by atoms with Gasteiger partial charge in [-0.15, -0.1) is 0 Å². The summed E-state index contributed by atoms with van der Waals surface area (Å²) in [5.74, 6) is 0.534. The first kappa shape index (κ1) is 19.0. The first-order valence-electron chi connectivity index (χ1n) is 9.05. The number of nitrogens with one attached hydrogen (secondary N) is 1. The van der Waals surface area contributed by atoms with Crippen LogP contribution in [0.5, 0.6) is 0 Å². The fraction of sp³-hybridized carbons (Fsp3) is 0.647. The highest BCUT2D eigenvalue weighted by Gasteiger charge is 2.26.